The van der Waals surface area contributed by atoms with Gasteiger partial charge in [0.05, 0.1) is 0 Å². The van der Waals surface area contributed by atoms with Crippen molar-refractivity contribution in [2.24, 2.45) is 5.73 Å². The summed E-state index contributed by atoms with van der Waals surface area (Å²) >= 11 is 0. The summed E-state index contributed by atoms with van der Waals surface area (Å²) in [6.45, 7) is 2.14. The third-order valence-corrected chi connectivity index (χ3v) is 3.94. The lowest BCUT2D eigenvalue weighted by molar-refractivity contribution is 0.222. The van der Waals surface area contributed by atoms with Gasteiger partial charge >= 0.3 is 0 Å². The van der Waals surface area contributed by atoms with Crippen LogP contribution in [0.2, 0.25) is 0 Å². The number of aromatic nitrogens is 2. The number of nitrogens with two attached hydrogens (primary N) is 1. The highest BCUT2D eigenvalue weighted by atomic mass is 16.5. The van der Waals surface area contributed by atoms with Crippen molar-refractivity contribution in [2.45, 2.75) is 44.6 Å². The molecule has 2 aromatic rings. The molecule has 0 spiro atoms. The Kier molecular flexibility index (Phi) is 3.11. The Labute approximate surface area is 113 Å². The van der Waals surface area contributed by atoms with Crippen molar-refractivity contribution in [3.8, 4) is 11.4 Å². The van der Waals surface area contributed by atoms with Gasteiger partial charge in [0.15, 0.2) is 0 Å². The van der Waals surface area contributed by atoms with Crippen molar-refractivity contribution < 1.29 is 4.52 Å². The molecule has 1 saturated carbocycles. The van der Waals surface area contributed by atoms with Gasteiger partial charge in [-0.2, -0.15) is 4.98 Å². The zero-order valence-electron chi connectivity index (χ0n) is 11.2. The molecule has 0 amide bonds. The predicted molar refractivity (Wildman–Crippen MR) is 73.6 cm³/mol. The lowest BCUT2D eigenvalue weighted by Gasteiger charge is -2.36. The van der Waals surface area contributed by atoms with Crippen molar-refractivity contribution in [3.05, 3.63) is 35.7 Å². The topological polar surface area (TPSA) is 64.9 Å². The highest BCUT2D eigenvalue weighted by Crippen LogP contribution is 2.32. The lowest BCUT2D eigenvalue weighted by Crippen LogP contribution is -2.48. The first-order valence-corrected chi connectivity index (χ1v) is 6.89. The van der Waals surface area contributed by atoms with E-state index in [-0.39, 0.29) is 5.54 Å². The molecule has 0 saturated heterocycles. The third kappa shape index (κ3) is 2.54. The molecule has 0 bridgehead atoms. The van der Waals surface area contributed by atoms with Crippen LogP contribution in [0, 0.1) is 0 Å². The predicted octanol–water partition coefficient (Wildman–Crippen LogP) is 2.72. The molecular weight excluding hydrogens is 238 g/mol. The molecule has 1 aliphatic carbocycles. The minimum atomic E-state index is -0.115. The summed E-state index contributed by atoms with van der Waals surface area (Å²) in [6, 6.07) is 8.27. The summed E-state index contributed by atoms with van der Waals surface area (Å²) in [5.74, 6) is 1.30. The van der Waals surface area contributed by atoms with Crippen molar-refractivity contribution in [3.63, 3.8) is 0 Å². The second-order valence-corrected chi connectivity index (χ2v) is 5.45. The van der Waals surface area contributed by atoms with E-state index >= 15 is 0 Å². The molecule has 1 aromatic heterocycles. The van der Waals surface area contributed by atoms with E-state index in [0.29, 0.717) is 18.1 Å². The van der Waals surface area contributed by atoms with Crippen LogP contribution < -0.4 is 5.73 Å². The van der Waals surface area contributed by atoms with Crippen LogP contribution in [0.3, 0.4) is 0 Å². The molecule has 4 nitrogen and oxygen atoms in total. The molecule has 19 heavy (non-hydrogen) atoms. The summed E-state index contributed by atoms with van der Waals surface area (Å²) in [5.41, 5.74) is 8.38. The van der Waals surface area contributed by atoms with Gasteiger partial charge in [-0.25, -0.2) is 0 Å². The van der Waals surface area contributed by atoms with Gasteiger partial charge < -0.3 is 10.3 Å². The standard InChI is InChI=1S/C15H19N3O/c1-2-11-4-6-12(7-5-11)14-17-13(19-18-14)10-15(16)8-3-9-15/h4-7H,2-3,8-10,16H2,1H3. The molecule has 1 aliphatic rings. The molecule has 0 aliphatic heterocycles. The molecule has 0 atom stereocenters. The highest BCUT2D eigenvalue weighted by Gasteiger charge is 2.34. The van der Waals surface area contributed by atoms with E-state index in [1.807, 2.05) is 12.1 Å². The smallest absolute Gasteiger partial charge is 0.228 e. The number of hydrogen-bond donors (Lipinski definition) is 1. The maximum Gasteiger partial charge on any atom is 0.228 e. The molecular formula is C15H19N3O. The quantitative estimate of drug-likeness (QED) is 0.914. The molecule has 100 valence electrons. The number of benzene rings is 1. The van der Waals surface area contributed by atoms with Gasteiger partial charge in [0.1, 0.15) is 0 Å². The highest BCUT2D eigenvalue weighted by molar-refractivity contribution is 5.54. The minimum Gasteiger partial charge on any atom is -0.339 e. The van der Waals surface area contributed by atoms with Crippen molar-refractivity contribution in [2.75, 3.05) is 0 Å². The molecule has 3 rings (SSSR count). The van der Waals surface area contributed by atoms with Gasteiger partial charge in [0.2, 0.25) is 11.7 Å². The van der Waals surface area contributed by atoms with Gasteiger partial charge in [0, 0.05) is 17.5 Å². The zero-order chi connectivity index (χ0) is 13.3. The fourth-order valence-corrected chi connectivity index (χ4v) is 2.44. The average molecular weight is 257 g/mol. The largest absolute Gasteiger partial charge is 0.339 e. The Morgan fingerprint density at radius 3 is 2.58 bits per heavy atom. The van der Waals surface area contributed by atoms with E-state index in [2.05, 4.69) is 29.2 Å². The van der Waals surface area contributed by atoms with E-state index in [1.165, 1.54) is 12.0 Å². The van der Waals surface area contributed by atoms with Gasteiger partial charge in [-0.05, 0) is 31.2 Å². The van der Waals surface area contributed by atoms with Crippen molar-refractivity contribution in [1.82, 2.24) is 10.1 Å². The first kappa shape index (κ1) is 12.4. The number of hydrogen-bond acceptors (Lipinski definition) is 4. The fourth-order valence-electron chi connectivity index (χ4n) is 2.44. The maximum atomic E-state index is 6.19. The van der Waals surface area contributed by atoms with E-state index in [0.717, 1.165) is 24.8 Å². The maximum absolute atomic E-state index is 6.19. The fraction of sp³-hybridized carbons (Fsp3) is 0.467. The Morgan fingerprint density at radius 1 is 1.26 bits per heavy atom. The van der Waals surface area contributed by atoms with Gasteiger partial charge in [0.25, 0.3) is 0 Å². The lowest BCUT2D eigenvalue weighted by atomic mass is 9.75. The van der Waals surface area contributed by atoms with Crippen LogP contribution in [0.15, 0.2) is 28.8 Å². The van der Waals surface area contributed by atoms with Crippen LogP contribution in [0.5, 0.6) is 0 Å². The third-order valence-electron chi connectivity index (χ3n) is 3.94. The van der Waals surface area contributed by atoms with Crippen LogP contribution in [-0.2, 0) is 12.8 Å². The van der Waals surface area contributed by atoms with Gasteiger partial charge in [-0.15, -0.1) is 0 Å². The normalized spacial score (nSPS) is 17.2. The van der Waals surface area contributed by atoms with E-state index in [9.17, 15) is 0 Å². The molecule has 4 heteroatoms. The average Bonchev–Trinajstić information content (AvgIpc) is 2.85. The second kappa shape index (κ2) is 4.78. The summed E-state index contributed by atoms with van der Waals surface area (Å²) in [5, 5.41) is 4.04. The first-order chi connectivity index (χ1) is 9.18. The van der Waals surface area contributed by atoms with Crippen LogP contribution in [0.25, 0.3) is 11.4 Å². The number of rotatable bonds is 4. The summed E-state index contributed by atoms with van der Waals surface area (Å²) in [6.07, 6.45) is 5.03. The van der Waals surface area contributed by atoms with Crippen molar-refractivity contribution in [1.29, 1.82) is 0 Å². The second-order valence-electron chi connectivity index (χ2n) is 5.45. The molecule has 1 fully saturated rings. The van der Waals surface area contributed by atoms with Crippen LogP contribution in [-0.4, -0.2) is 15.7 Å². The molecule has 1 aromatic carbocycles. The minimum absolute atomic E-state index is 0.115. The Morgan fingerprint density at radius 2 is 2.00 bits per heavy atom. The summed E-state index contributed by atoms with van der Waals surface area (Å²) in [4.78, 5) is 4.45. The zero-order valence-corrected chi connectivity index (χ0v) is 11.2. The van der Waals surface area contributed by atoms with E-state index < -0.39 is 0 Å². The number of aryl methyl sites for hydroxylation is 1. The Hall–Kier alpha value is -1.68. The Balaban J connectivity index is 1.76. The van der Waals surface area contributed by atoms with Crippen molar-refractivity contribution >= 4 is 0 Å². The molecule has 1 heterocycles. The Bertz CT molecular complexity index is 555. The van der Waals surface area contributed by atoms with Crippen LogP contribution in [0.1, 0.15) is 37.6 Å². The monoisotopic (exact) mass is 257 g/mol. The van der Waals surface area contributed by atoms with Gasteiger partial charge in [-0.3, -0.25) is 0 Å². The SMILES string of the molecule is CCc1ccc(-c2noc(CC3(N)CCC3)n2)cc1. The summed E-state index contributed by atoms with van der Waals surface area (Å²) in [7, 11) is 0. The molecule has 2 N–H and O–H groups in total. The summed E-state index contributed by atoms with van der Waals surface area (Å²) < 4.78 is 5.31. The van der Waals surface area contributed by atoms with Crippen LogP contribution in [0.4, 0.5) is 0 Å². The molecule has 0 radical (unpaired) electrons. The van der Waals surface area contributed by atoms with Gasteiger partial charge in [-0.1, -0.05) is 36.3 Å². The van der Waals surface area contributed by atoms with E-state index in [1.54, 1.807) is 0 Å². The van der Waals surface area contributed by atoms with Crippen LogP contribution >= 0.6 is 0 Å². The van der Waals surface area contributed by atoms with E-state index in [4.69, 9.17) is 10.3 Å². The first-order valence-electron chi connectivity index (χ1n) is 6.89. The molecule has 0 unspecified atom stereocenters. The number of nitrogens with zero attached hydrogens (tertiary/aromatic N) is 2.